The minimum atomic E-state index is -3.51. The average Bonchev–Trinajstić information content (AvgIpc) is 2.41. The Hall–Kier alpha value is -1.27. The molecule has 6 heteroatoms. The Balaban J connectivity index is 3.02. The molecule has 1 rings (SSSR count). The number of nitrogen functional groups attached to an aromatic ring is 1. The highest BCUT2D eigenvalue weighted by molar-refractivity contribution is 7.89. The molecule has 5 nitrogen and oxygen atoms in total. The number of para-hydroxylation sites is 1. The van der Waals surface area contributed by atoms with Crippen LogP contribution in [-0.2, 0) is 10.0 Å². The molecule has 0 saturated heterocycles. The van der Waals surface area contributed by atoms with Crippen molar-refractivity contribution >= 4 is 21.4 Å². The predicted molar refractivity (Wildman–Crippen MR) is 84.3 cm³/mol. The number of nitrogens with two attached hydrogens (primary N) is 1. The highest BCUT2D eigenvalue weighted by atomic mass is 32.2. The van der Waals surface area contributed by atoms with Gasteiger partial charge in [0, 0.05) is 20.6 Å². The number of anilines is 2. The average molecular weight is 299 g/mol. The zero-order chi connectivity index (χ0) is 15.3. The molecule has 0 aliphatic carbocycles. The third-order valence-corrected chi connectivity index (χ3v) is 5.43. The Morgan fingerprint density at radius 2 is 1.85 bits per heavy atom. The maximum Gasteiger partial charge on any atom is 0.244 e. The molecule has 0 unspecified atom stereocenters. The summed E-state index contributed by atoms with van der Waals surface area (Å²) in [7, 11) is -0.513. The molecule has 0 aromatic heterocycles. The number of rotatable bonds is 7. The van der Waals surface area contributed by atoms with Crippen molar-refractivity contribution in [2.75, 3.05) is 31.7 Å². The van der Waals surface area contributed by atoms with Crippen molar-refractivity contribution in [3.05, 3.63) is 18.2 Å². The lowest BCUT2D eigenvalue weighted by Crippen LogP contribution is -2.23. The van der Waals surface area contributed by atoms with Crippen molar-refractivity contribution < 1.29 is 8.42 Å². The van der Waals surface area contributed by atoms with Crippen LogP contribution in [0.2, 0.25) is 0 Å². The van der Waals surface area contributed by atoms with E-state index >= 15 is 0 Å². The van der Waals surface area contributed by atoms with E-state index in [2.05, 4.69) is 19.2 Å². The second-order valence-corrected chi connectivity index (χ2v) is 7.19. The number of nitrogens with one attached hydrogen (secondary N) is 1. The van der Waals surface area contributed by atoms with Gasteiger partial charge in [0.2, 0.25) is 10.0 Å². The summed E-state index contributed by atoms with van der Waals surface area (Å²) in [6.07, 6.45) is 2.16. The number of sulfonamides is 1. The maximum absolute atomic E-state index is 12.2. The topological polar surface area (TPSA) is 75.4 Å². The first-order chi connectivity index (χ1) is 9.34. The van der Waals surface area contributed by atoms with Gasteiger partial charge in [0.1, 0.15) is 4.90 Å². The molecule has 0 aliphatic heterocycles. The Kier molecular flexibility index (Phi) is 5.83. The van der Waals surface area contributed by atoms with Crippen molar-refractivity contribution in [2.24, 2.45) is 5.92 Å². The van der Waals surface area contributed by atoms with Gasteiger partial charge in [0.25, 0.3) is 0 Å². The Morgan fingerprint density at radius 3 is 2.35 bits per heavy atom. The van der Waals surface area contributed by atoms with Crippen LogP contribution in [0.5, 0.6) is 0 Å². The van der Waals surface area contributed by atoms with Crippen LogP contribution in [0.1, 0.15) is 26.7 Å². The van der Waals surface area contributed by atoms with E-state index in [1.807, 2.05) is 6.07 Å². The molecule has 1 aromatic carbocycles. The van der Waals surface area contributed by atoms with Gasteiger partial charge in [-0.15, -0.1) is 0 Å². The van der Waals surface area contributed by atoms with Crippen molar-refractivity contribution in [1.82, 2.24) is 4.31 Å². The Labute approximate surface area is 122 Å². The van der Waals surface area contributed by atoms with Crippen LogP contribution in [0.4, 0.5) is 11.4 Å². The quantitative estimate of drug-likeness (QED) is 0.758. The zero-order valence-electron chi connectivity index (χ0n) is 12.7. The van der Waals surface area contributed by atoms with Gasteiger partial charge in [-0.1, -0.05) is 32.8 Å². The first-order valence-electron chi connectivity index (χ1n) is 6.89. The lowest BCUT2D eigenvalue weighted by molar-refractivity contribution is 0.518. The zero-order valence-corrected chi connectivity index (χ0v) is 13.5. The number of hydrogen-bond donors (Lipinski definition) is 2. The van der Waals surface area contributed by atoms with E-state index in [1.165, 1.54) is 24.5 Å². The molecule has 114 valence electrons. The van der Waals surface area contributed by atoms with Crippen molar-refractivity contribution in [1.29, 1.82) is 0 Å². The van der Waals surface area contributed by atoms with Gasteiger partial charge in [-0.25, -0.2) is 12.7 Å². The fourth-order valence-corrected chi connectivity index (χ4v) is 2.98. The van der Waals surface area contributed by atoms with Crippen LogP contribution in [0, 0.1) is 5.92 Å². The van der Waals surface area contributed by atoms with E-state index in [1.54, 1.807) is 6.07 Å². The molecule has 0 saturated carbocycles. The molecular formula is C14H25N3O2S. The molecule has 0 bridgehead atoms. The largest absolute Gasteiger partial charge is 0.396 e. The molecule has 1 aromatic rings. The number of hydrogen-bond acceptors (Lipinski definition) is 4. The summed E-state index contributed by atoms with van der Waals surface area (Å²) in [5.41, 5.74) is 6.97. The fourth-order valence-electron chi connectivity index (χ4n) is 1.95. The van der Waals surface area contributed by atoms with Gasteiger partial charge in [0.05, 0.1) is 11.4 Å². The highest BCUT2D eigenvalue weighted by Gasteiger charge is 2.21. The van der Waals surface area contributed by atoms with Gasteiger partial charge >= 0.3 is 0 Å². The molecule has 3 N–H and O–H groups in total. The van der Waals surface area contributed by atoms with Crippen LogP contribution < -0.4 is 11.1 Å². The SMILES string of the molecule is CCC(CC)CNc1cccc(S(=O)(=O)N(C)C)c1N. The molecule has 0 atom stereocenters. The third kappa shape index (κ3) is 3.64. The van der Waals surface area contributed by atoms with E-state index in [4.69, 9.17) is 5.73 Å². The second-order valence-electron chi connectivity index (χ2n) is 5.07. The van der Waals surface area contributed by atoms with E-state index < -0.39 is 10.0 Å². The molecule has 0 fully saturated rings. The van der Waals surface area contributed by atoms with Gasteiger partial charge < -0.3 is 11.1 Å². The fraction of sp³-hybridized carbons (Fsp3) is 0.571. The van der Waals surface area contributed by atoms with Crippen LogP contribution in [0.25, 0.3) is 0 Å². The van der Waals surface area contributed by atoms with E-state index in [9.17, 15) is 8.42 Å². The number of nitrogens with zero attached hydrogens (tertiary/aromatic N) is 1. The second kappa shape index (κ2) is 6.95. The standard InChI is InChI=1S/C14H25N3O2S/c1-5-11(6-2)10-16-12-8-7-9-13(14(12)15)20(18,19)17(3)4/h7-9,11,16H,5-6,10,15H2,1-4H3. The molecule has 0 radical (unpaired) electrons. The Bertz CT molecular complexity index is 537. The smallest absolute Gasteiger partial charge is 0.244 e. The molecule has 0 amide bonds. The maximum atomic E-state index is 12.2. The lowest BCUT2D eigenvalue weighted by Gasteiger charge is -2.18. The highest BCUT2D eigenvalue weighted by Crippen LogP contribution is 2.28. The van der Waals surface area contributed by atoms with Gasteiger partial charge in [0.15, 0.2) is 0 Å². The van der Waals surface area contributed by atoms with Gasteiger partial charge in [-0.3, -0.25) is 0 Å². The summed E-state index contributed by atoms with van der Waals surface area (Å²) in [5, 5.41) is 3.26. The van der Waals surface area contributed by atoms with Crippen molar-refractivity contribution in [3.63, 3.8) is 0 Å². The molecule has 0 spiro atoms. The summed E-state index contributed by atoms with van der Waals surface area (Å²) in [4.78, 5) is 0.150. The minimum absolute atomic E-state index is 0.150. The monoisotopic (exact) mass is 299 g/mol. The first-order valence-corrected chi connectivity index (χ1v) is 8.33. The van der Waals surface area contributed by atoms with E-state index in [-0.39, 0.29) is 10.6 Å². The van der Waals surface area contributed by atoms with E-state index in [0.29, 0.717) is 11.6 Å². The number of benzene rings is 1. The van der Waals surface area contributed by atoms with Crippen LogP contribution >= 0.6 is 0 Å². The van der Waals surface area contributed by atoms with E-state index in [0.717, 1.165) is 19.4 Å². The molecule has 0 heterocycles. The summed E-state index contributed by atoms with van der Waals surface area (Å²) < 4.78 is 25.5. The predicted octanol–water partition coefficient (Wildman–Crippen LogP) is 2.37. The van der Waals surface area contributed by atoms with Crippen LogP contribution in [-0.4, -0.2) is 33.4 Å². The molecule has 20 heavy (non-hydrogen) atoms. The van der Waals surface area contributed by atoms with Crippen LogP contribution in [0.15, 0.2) is 23.1 Å². The summed E-state index contributed by atoms with van der Waals surface area (Å²) in [6.45, 7) is 5.08. The molecule has 0 aliphatic rings. The van der Waals surface area contributed by atoms with Crippen molar-refractivity contribution in [2.45, 2.75) is 31.6 Å². The minimum Gasteiger partial charge on any atom is -0.396 e. The van der Waals surface area contributed by atoms with Gasteiger partial charge in [-0.2, -0.15) is 0 Å². The normalized spacial score (nSPS) is 12.1. The summed E-state index contributed by atoms with van der Waals surface area (Å²) >= 11 is 0. The molecular weight excluding hydrogens is 274 g/mol. The Morgan fingerprint density at radius 1 is 1.25 bits per heavy atom. The summed E-state index contributed by atoms with van der Waals surface area (Å²) in [6, 6.07) is 5.06. The van der Waals surface area contributed by atoms with Crippen LogP contribution in [0.3, 0.4) is 0 Å². The lowest BCUT2D eigenvalue weighted by atomic mass is 10.0. The third-order valence-electron chi connectivity index (χ3n) is 3.56. The van der Waals surface area contributed by atoms with Gasteiger partial charge in [-0.05, 0) is 18.1 Å². The first kappa shape index (κ1) is 16.8. The summed E-state index contributed by atoms with van der Waals surface area (Å²) in [5.74, 6) is 0.559. The van der Waals surface area contributed by atoms with Crippen molar-refractivity contribution in [3.8, 4) is 0 Å².